The van der Waals surface area contributed by atoms with Crippen molar-refractivity contribution in [2.45, 2.75) is 19.5 Å². The highest BCUT2D eigenvalue weighted by Crippen LogP contribution is 2.21. The first-order valence-electron chi connectivity index (χ1n) is 6.81. The Bertz CT molecular complexity index is 534. The number of rotatable bonds is 5. The third-order valence-corrected chi connectivity index (χ3v) is 4.09. The fraction of sp³-hybridized carbons (Fsp3) is 0.294. The molecule has 2 aromatic carbocycles. The molecule has 2 aromatic rings. The van der Waals surface area contributed by atoms with E-state index in [4.69, 9.17) is 5.73 Å². The second kappa shape index (κ2) is 7.02. The van der Waals surface area contributed by atoms with Gasteiger partial charge in [0.1, 0.15) is 0 Å². The van der Waals surface area contributed by atoms with Crippen molar-refractivity contribution >= 4 is 15.9 Å². The predicted molar refractivity (Wildman–Crippen MR) is 88.6 cm³/mol. The van der Waals surface area contributed by atoms with E-state index in [9.17, 15) is 0 Å². The summed E-state index contributed by atoms with van der Waals surface area (Å²) in [5.41, 5.74) is 9.82. The van der Waals surface area contributed by atoms with Crippen molar-refractivity contribution in [3.05, 3.63) is 69.7 Å². The van der Waals surface area contributed by atoms with Gasteiger partial charge in [0, 0.05) is 23.6 Å². The Labute approximate surface area is 129 Å². The molecule has 106 valence electrons. The number of nitrogens with zero attached hydrogens (tertiary/aromatic N) is 1. The summed E-state index contributed by atoms with van der Waals surface area (Å²) in [4.78, 5) is 2.30. The average molecular weight is 333 g/mol. The summed E-state index contributed by atoms with van der Waals surface area (Å²) < 4.78 is 1.11. The molecule has 2 rings (SSSR count). The van der Waals surface area contributed by atoms with Crippen LogP contribution in [0, 0.1) is 6.92 Å². The third kappa shape index (κ3) is 3.92. The van der Waals surface area contributed by atoms with Crippen LogP contribution in [0.15, 0.2) is 53.0 Å². The lowest BCUT2D eigenvalue weighted by atomic mass is 10.0. The van der Waals surface area contributed by atoms with Crippen LogP contribution < -0.4 is 5.73 Å². The molecule has 1 atom stereocenters. The molecule has 2 N–H and O–H groups in total. The molecule has 0 radical (unpaired) electrons. The standard InChI is InChI=1S/C17H21BrN2/c1-13-3-7-15(8-4-13)17(11-19)20(2)12-14-5-9-16(18)10-6-14/h3-10,17H,11-12,19H2,1-2H3. The maximum absolute atomic E-state index is 5.97. The second-order valence-corrected chi connectivity index (χ2v) is 6.12. The molecule has 0 aromatic heterocycles. The first-order chi connectivity index (χ1) is 9.60. The van der Waals surface area contributed by atoms with Crippen LogP contribution in [0.2, 0.25) is 0 Å². The number of hydrogen-bond donors (Lipinski definition) is 1. The molecular formula is C17H21BrN2. The quantitative estimate of drug-likeness (QED) is 0.899. The summed E-state index contributed by atoms with van der Waals surface area (Å²) in [5, 5.41) is 0. The van der Waals surface area contributed by atoms with E-state index in [2.05, 4.69) is 83.3 Å². The number of nitrogens with two attached hydrogens (primary N) is 1. The Balaban J connectivity index is 2.10. The summed E-state index contributed by atoms with van der Waals surface area (Å²) in [7, 11) is 2.12. The zero-order valence-corrected chi connectivity index (χ0v) is 13.6. The van der Waals surface area contributed by atoms with Crippen LogP contribution in [0.5, 0.6) is 0 Å². The third-order valence-electron chi connectivity index (χ3n) is 3.56. The average Bonchev–Trinajstić information content (AvgIpc) is 2.44. The summed E-state index contributed by atoms with van der Waals surface area (Å²) in [5.74, 6) is 0. The van der Waals surface area contributed by atoms with Crippen LogP contribution in [-0.4, -0.2) is 18.5 Å². The van der Waals surface area contributed by atoms with Crippen molar-refractivity contribution < 1.29 is 0 Å². The number of halogens is 1. The van der Waals surface area contributed by atoms with Gasteiger partial charge in [-0.05, 0) is 37.2 Å². The summed E-state index contributed by atoms with van der Waals surface area (Å²) in [6.07, 6.45) is 0. The lowest BCUT2D eigenvalue weighted by molar-refractivity contribution is 0.242. The SMILES string of the molecule is Cc1ccc(C(CN)N(C)Cc2ccc(Br)cc2)cc1. The zero-order chi connectivity index (χ0) is 14.5. The largest absolute Gasteiger partial charge is 0.329 e. The molecule has 0 aliphatic carbocycles. The second-order valence-electron chi connectivity index (χ2n) is 5.20. The van der Waals surface area contributed by atoms with Crippen molar-refractivity contribution in [2.75, 3.05) is 13.6 Å². The fourth-order valence-corrected chi connectivity index (χ4v) is 2.61. The molecule has 0 spiro atoms. The van der Waals surface area contributed by atoms with Crippen LogP contribution in [-0.2, 0) is 6.54 Å². The van der Waals surface area contributed by atoms with Crippen molar-refractivity contribution in [1.29, 1.82) is 0 Å². The molecule has 2 nitrogen and oxygen atoms in total. The van der Waals surface area contributed by atoms with E-state index in [0.717, 1.165) is 11.0 Å². The Hall–Kier alpha value is -1.16. The van der Waals surface area contributed by atoms with Crippen LogP contribution >= 0.6 is 15.9 Å². The number of aryl methyl sites for hydroxylation is 1. The molecule has 20 heavy (non-hydrogen) atoms. The summed E-state index contributed by atoms with van der Waals surface area (Å²) >= 11 is 3.46. The minimum absolute atomic E-state index is 0.249. The molecule has 3 heteroatoms. The molecule has 0 heterocycles. The highest BCUT2D eigenvalue weighted by Gasteiger charge is 2.15. The topological polar surface area (TPSA) is 29.3 Å². The molecule has 1 unspecified atom stereocenters. The molecule has 0 fully saturated rings. The smallest absolute Gasteiger partial charge is 0.0470 e. The van der Waals surface area contributed by atoms with E-state index in [1.54, 1.807) is 0 Å². The van der Waals surface area contributed by atoms with Crippen LogP contribution in [0.4, 0.5) is 0 Å². The lowest BCUT2D eigenvalue weighted by Gasteiger charge is -2.27. The number of hydrogen-bond acceptors (Lipinski definition) is 2. The molecule has 0 bridgehead atoms. The maximum atomic E-state index is 5.97. The lowest BCUT2D eigenvalue weighted by Crippen LogP contribution is -2.30. The van der Waals surface area contributed by atoms with E-state index in [1.807, 2.05) is 0 Å². The highest BCUT2D eigenvalue weighted by molar-refractivity contribution is 9.10. The van der Waals surface area contributed by atoms with Gasteiger partial charge in [0.25, 0.3) is 0 Å². The van der Waals surface area contributed by atoms with E-state index < -0.39 is 0 Å². The monoisotopic (exact) mass is 332 g/mol. The van der Waals surface area contributed by atoms with Crippen molar-refractivity contribution in [3.63, 3.8) is 0 Å². The molecule has 0 saturated carbocycles. The predicted octanol–water partition coefficient (Wildman–Crippen LogP) is 3.89. The normalized spacial score (nSPS) is 12.7. The van der Waals surface area contributed by atoms with E-state index >= 15 is 0 Å². The van der Waals surface area contributed by atoms with E-state index in [0.29, 0.717) is 6.54 Å². The Morgan fingerprint density at radius 3 is 2.20 bits per heavy atom. The Kier molecular flexibility index (Phi) is 5.35. The summed E-state index contributed by atoms with van der Waals surface area (Å²) in [6, 6.07) is 17.3. The highest BCUT2D eigenvalue weighted by atomic mass is 79.9. The summed E-state index contributed by atoms with van der Waals surface area (Å²) in [6.45, 7) is 3.62. The van der Waals surface area contributed by atoms with Gasteiger partial charge in [-0.1, -0.05) is 57.9 Å². The fourth-order valence-electron chi connectivity index (χ4n) is 2.35. The molecule has 0 aliphatic heterocycles. The Morgan fingerprint density at radius 2 is 1.65 bits per heavy atom. The Morgan fingerprint density at radius 1 is 1.05 bits per heavy atom. The minimum Gasteiger partial charge on any atom is -0.329 e. The minimum atomic E-state index is 0.249. The number of likely N-dealkylation sites (N-methyl/N-ethyl adjacent to an activating group) is 1. The van der Waals surface area contributed by atoms with Gasteiger partial charge in [0.2, 0.25) is 0 Å². The van der Waals surface area contributed by atoms with Gasteiger partial charge in [-0.3, -0.25) is 4.90 Å². The van der Waals surface area contributed by atoms with E-state index in [1.165, 1.54) is 16.7 Å². The zero-order valence-electron chi connectivity index (χ0n) is 12.0. The molecule has 0 aliphatic rings. The van der Waals surface area contributed by atoms with Crippen molar-refractivity contribution in [3.8, 4) is 0 Å². The number of benzene rings is 2. The van der Waals surface area contributed by atoms with Crippen molar-refractivity contribution in [1.82, 2.24) is 4.90 Å². The van der Waals surface area contributed by atoms with Gasteiger partial charge >= 0.3 is 0 Å². The van der Waals surface area contributed by atoms with Crippen LogP contribution in [0.1, 0.15) is 22.7 Å². The van der Waals surface area contributed by atoms with Gasteiger partial charge in [0.15, 0.2) is 0 Å². The first-order valence-corrected chi connectivity index (χ1v) is 7.61. The molecule has 0 amide bonds. The van der Waals surface area contributed by atoms with Crippen LogP contribution in [0.3, 0.4) is 0 Å². The van der Waals surface area contributed by atoms with Gasteiger partial charge < -0.3 is 5.73 Å². The van der Waals surface area contributed by atoms with Gasteiger partial charge in [0.05, 0.1) is 0 Å². The molecule has 0 saturated heterocycles. The van der Waals surface area contributed by atoms with Crippen molar-refractivity contribution in [2.24, 2.45) is 5.73 Å². The van der Waals surface area contributed by atoms with Crippen LogP contribution in [0.25, 0.3) is 0 Å². The molecular weight excluding hydrogens is 312 g/mol. The van der Waals surface area contributed by atoms with Gasteiger partial charge in [-0.15, -0.1) is 0 Å². The van der Waals surface area contributed by atoms with Gasteiger partial charge in [-0.2, -0.15) is 0 Å². The first kappa shape index (κ1) is 15.2. The maximum Gasteiger partial charge on any atom is 0.0470 e. The van der Waals surface area contributed by atoms with E-state index in [-0.39, 0.29) is 6.04 Å². The van der Waals surface area contributed by atoms with Gasteiger partial charge in [-0.25, -0.2) is 0 Å².